The molecule has 0 saturated carbocycles. The molecule has 2 heterocycles. The van der Waals surface area contributed by atoms with Crippen molar-refractivity contribution in [3.05, 3.63) is 34.3 Å². The summed E-state index contributed by atoms with van der Waals surface area (Å²) in [6.07, 6.45) is 4.52. The van der Waals surface area contributed by atoms with Crippen molar-refractivity contribution in [2.75, 3.05) is 26.2 Å². The zero-order valence-corrected chi connectivity index (χ0v) is 15.6. The van der Waals surface area contributed by atoms with Gasteiger partial charge in [-0.05, 0) is 55.8 Å². The predicted molar refractivity (Wildman–Crippen MR) is 97.1 cm³/mol. The monoisotopic (exact) mass is 378 g/mol. The molecule has 126 valence electrons. The average molecular weight is 379 g/mol. The van der Waals surface area contributed by atoms with Crippen LogP contribution < -0.4 is 0 Å². The topological polar surface area (TPSA) is 23.6 Å². The highest BCUT2D eigenvalue weighted by Gasteiger charge is 2.30. The second kappa shape index (κ2) is 7.80. The van der Waals surface area contributed by atoms with Crippen LogP contribution in [0.3, 0.4) is 0 Å². The minimum Gasteiger partial charge on any atom is -0.342 e. The first-order valence-electron chi connectivity index (χ1n) is 8.87. The molecule has 3 nitrogen and oxygen atoms in total. The van der Waals surface area contributed by atoms with Crippen LogP contribution in [0.15, 0.2) is 28.7 Å². The second-order valence-corrected chi connectivity index (χ2v) is 8.13. The van der Waals surface area contributed by atoms with E-state index in [2.05, 4.69) is 56.9 Å². The van der Waals surface area contributed by atoms with Crippen LogP contribution in [0.25, 0.3) is 0 Å². The van der Waals surface area contributed by atoms with E-state index < -0.39 is 0 Å². The van der Waals surface area contributed by atoms with E-state index in [1.807, 2.05) is 0 Å². The molecule has 0 N–H and O–H groups in total. The third kappa shape index (κ3) is 4.57. The maximum atomic E-state index is 12.8. The fraction of sp³-hybridized carbons (Fsp3) is 0.632. The Hall–Kier alpha value is -0.870. The third-order valence-electron chi connectivity index (χ3n) is 5.25. The minimum atomic E-state index is 0.198. The SMILES string of the molecule is CC1CCN(C(=O)C2CCCN(Cc3cccc(Br)c3)C2)CC1. The Balaban J connectivity index is 1.56. The van der Waals surface area contributed by atoms with Gasteiger partial charge in [0.25, 0.3) is 0 Å². The van der Waals surface area contributed by atoms with Crippen LogP contribution in [-0.2, 0) is 11.3 Å². The van der Waals surface area contributed by atoms with Crippen LogP contribution in [0.2, 0.25) is 0 Å². The van der Waals surface area contributed by atoms with Crippen molar-refractivity contribution < 1.29 is 4.79 Å². The normalized spacial score (nSPS) is 23.9. The van der Waals surface area contributed by atoms with Crippen molar-refractivity contribution >= 4 is 21.8 Å². The van der Waals surface area contributed by atoms with E-state index in [-0.39, 0.29) is 5.92 Å². The maximum Gasteiger partial charge on any atom is 0.226 e. The molecular weight excluding hydrogens is 352 g/mol. The van der Waals surface area contributed by atoms with Crippen LogP contribution in [0.5, 0.6) is 0 Å². The van der Waals surface area contributed by atoms with Gasteiger partial charge in [0.1, 0.15) is 0 Å². The molecule has 2 saturated heterocycles. The predicted octanol–water partition coefficient (Wildman–Crippen LogP) is 3.92. The first-order chi connectivity index (χ1) is 11.1. The number of piperidine rings is 2. The Kier molecular flexibility index (Phi) is 5.76. The summed E-state index contributed by atoms with van der Waals surface area (Å²) in [4.78, 5) is 17.4. The fourth-order valence-electron chi connectivity index (χ4n) is 3.78. The molecular formula is C19H27BrN2O. The zero-order valence-electron chi connectivity index (χ0n) is 14.0. The molecule has 1 amide bonds. The summed E-state index contributed by atoms with van der Waals surface area (Å²) >= 11 is 3.54. The largest absolute Gasteiger partial charge is 0.342 e. The molecule has 1 aromatic rings. The number of rotatable bonds is 3. The van der Waals surface area contributed by atoms with E-state index in [4.69, 9.17) is 0 Å². The van der Waals surface area contributed by atoms with Gasteiger partial charge in [0.2, 0.25) is 5.91 Å². The Labute approximate surface area is 148 Å². The molecule has 23 heavy (non-hydrogen) atoms. The zero-order chi connectivity index (χ0) is 16.2. The molecule has 0 radical (unpaired) electrons. The molecule has 1 aromatic carbocycles. The molecule has 0 bridgehead atoms. The number of carbonyl (C=O) groups excluding carboxylic acids is 1. The first-order valence-corrected chi connectivity index (χ1v) is 9.66. The quantitative estimate of drug-likeness (QED) is 0.795. The number of likely N-dealkylation sites (tertiary alicyclic amines) is 2. The summed E-state index contributed by atoms with van der Waals surface area (Å²) in [6.45, 7) is 7.18. The molecule has 0 spiro atoms. The molecule has 4 heteroatoms. The summed E-state index contributed by atoms with van der Waals surface area (Å²) < 4.78 is 1.13. The summed E-state index contributed by atoms with van der Waals surface area (Å²) in [7, 11) is 0. The molecule has 0 aromatic heterocycles. The summed E-state index contributed by atoms with van der Waals surface area (Å²) in [5.41, 5.74) is 1.32. The Morgan fingerprint density at radius 1 is 1.22 bits per heavy atom. The van der Waals surface area contributed by atoms with E-state index in [9.17, 15) is 4.79 Å². The molecule has 2 fully saturated rings. The lowest BCUT2D eigenvalue weighted by molar-refractivity contribution is -0.138. The number of benzene rings is 1. The lowest BCUT2D eigenvalue weighted by Crippen LogP contribution is -2.46. The highest BCUT2D eigenvalue weighted by molar-refractivity contribution is 9.10. The molecule has 2 aliphatic rings. The van der Waals surface area contributed by atoms with Crippen LogP contribution >= 0.6 is 15.9 Å². The lowest BCUT2D eigenvalue weighted by atomic mass is 9.93. The van der Waals surface area contributed by atoms with Gasteiger partial charge in [-0.25, -0.2) is 0 Å². The van der Waals surface area contributed by atoms with Gasteiger partial charge in [0, 0.05) is 30.7 Å². The maximum absolute atomic E-state index is 12.8. The Morgan fingerprint density at radius 2 is 2.00 bits per heavy atom. The number of hydrogen-bond acceptors (Lipinski definition) is 2. The van der Waals surface area contributed by atoms with E-state index >= 15 is 0 Å². The highest BCUT2D eigenvalue weighted by Crippen LogP contribution is 2.24. The van der Waals surface area contributed by atoms with Crippen LogP contribution in [-0.4, -0.2) is 41.9 Å². The van der Waals surface area contributed by atoms with Crippen molar-refractivity contribution in [3.8, 4) is 0 Å². The summed E-state index contributed by atoms with van der Waals surface area (Å²) in [5, 5.41) is 0. The van der Waals surface area contributed by atoms with Crippen molar-refractivity contribution in [2.24, 2.45) is 11.8 Å². The van der Waals surface area contributed by atoms with Gasteiger partial charge < -0.3 is 4.90 Å². The van der Waals surface area contributed by atoms with Gasteiger partial charge >= 0.3 is 0 Å². The van der Waals surface area contributed by atoms with E-state index in [1.165, 1.54) is 18.4 Å². The molecule has 3 rings (SSSR count). The van der Waals surface area contributed by atoms with Crippen LogP contribution in [0, 0.1) is 11.8 Å². The first kappa shape index (κ1) is 17.0. The van der Waals surface area contributed by atoms with Gasteiger partial charge in [-0.2, -0.15) is 0 Å². The van der Waals surface area contributed by atoms with Crippen molar-refractivity contribution in [2.45, 2.75) is 39.2 Å². The fourth-order valence-corrected chi connectivity index (χ4v) is 4.23. The molecule has 1 atom stereocenters. The van der Waals surface area contributed by atoms with E-state index in [1.54, 1.807) is 0 Å². The molecule has 2 aliphatic heterocycles. The summed E-state index contributed by atoms with van der Waals surface area (Å²) in [6, 6.07) is 8.49. The van der Waals surface area contributed by atoms with Crippen molar-refractivity contribution in [1.82, 2.24) is 9.80 Å². The third-order valence-corrected chi connectivity index (χ3v) is 5.74. The van der Waals surface area contributed by atoms with Crippen LogP contribution in [0.4, 0.5) is 0 Å². The highest BCUT2D eigenvalue weighted by atomic mass is 79.9. The number of amides is 1. The second-order valence-electron chi connectivity index (χ2n) is 7.21. The van der Waals surface area contributed by atoms with E-state index in [0.717, 1.165) is 56.0 Å². The van der Waals surface area contributed by atoms with E-state index in [0.29, 0.717) is 5.91 Å². The molecule has 0 aliphatic carbocycles. The van der Waals surface area contributed by atoms with Crippen molar-refractivity contribution in [3.63, 3.8) is 0 Å². The molecule has 1 unspecified atom stereocenters. The standard InChI is InChI=1S/C19H27BrN2O/c1-15-7-10-22(11-8-15)19(23)17-5-3-9-21(14-17)13-16-4-2-6-18(20)12-16/h2,4,6,12,15,17H,3,5,7-11,13-14H2,1H3. The van der Waals surface area contributed by atoms with Gasteiger partial charge in [-0.1, -0.05) is 35.0 Å². The minimum absolute atomic E-state index is 0.198. The van der Waals surface area contributed by atoms with Crippen molar-refractivity contribution in [1.29, 1.82) is 0 Å². The number of nitrogens with zero attached hydrogens (tertiary/aromatic N) is 2. The number of halogens is 1. The van der Waals surface area contributed by atoms with Gasteiger partial charge in [0.05, 0.1) is 5.92 Å². The van der Waals surface area contributed by atoms with Gasteiger partial charge in [-0.15, -0.1) is 0 Å². The number of hydrogen-bond donors (Lipinski definition) is 0. The Morgan fingerprint density at radius 3 is 2.74 bits per heavy atom. The summed E-state index contributed by atoms with van der Waals surface area (Å²) in [5.74, 6) is 1.37. The van der Waals surface area contributed by atoms with Gasteiger partial charge in [0.15, 0.2) is 0 Å². The van der Waals surface area contributed by atoms with Crippen LogP contribution in [0.1, 0.15) is 38.2 Å². The lowest BCUT2D eigenvalue weighted by Gasteiger charge is -2.37. The average Bonchev–Trinajstić information content (AvgIpc) is 2.55. The number of carbonyl (C=O) groups is 1. The smallest absolute Gasteiger partial charge is 0.226 e. The van der Waals surface area contributed by atoms with Gasteiger partial charge in [-0.3, -0.25) is 9.69 Å². The Bertz CT molecular complexity index is 540.